The number of carbonyl (C=O) groups excluding carboxylic acids is 4. The van der Waals surface area contributed by atoms with Gasteiger partial charge < -0.3 is 38.3 Å². The van der Waals surface area contributed by atoms with E-state index in [0.29, 0.717) is 0 Å². The van der Waals surface area contributed by atoms with E-state index >= 15 is 0 Å². The third-order valence-electron chi connectivity index (χ3n) is 7.68. The fraction of sp³-hybridized carbons (Fsp3) is 0.300. The van der Waals surface area contributed by atoms with Crippen LogP contribution in [-0.4, -0.2) is 99.8 Å². The van der Waals surface area contributed by atoms with Crippen molar-refractivity contribution in [1.82, 2.24) is 0 Å². The summed E-state index contributed by atoms with van der Waals surface area (Å²) in [6.45, 7) is 0.132. The third kappa shape index (κ3) is 14.3. The van der Waals surface area contributed by atoms with Gasteiger partial charge in [0.15, 0.2) is 18.5 Å². The van der Waals surface area contributed by atoms with Crippen LogP contribution in [0.4, 0.5) is 0 Å². The van der Waals surface area contributed by atoms with Crippen LogP contribution in [0.1, 0.15) is 47.9 Å². The molecule has 4 aromatic rings. The van der Waals surface area contributed by atoms with E-state index in [1.807, 2.05) is 0 Å². The lowest BCUT2D eigenvalue weighted by Crippen LogP contribution is -2.52. The highest BCUT2D eigenvalue weighted by atomic mass is 16.7. The molecule has 4 atom stereocenters. The quantitative estimate of drug-likeness (QED) is 0.0187. The van der Waals surface area contributed by atoms with Gasteiger partial charge in [-0.2, -0.15) is 0 Å². The van der Waals surface area contributed by atoms with Crippen LogP contribution in [0.2, 0.25) is 0 Å². The van der Waals surface area contributed by atoms with Crippen LogP contribution in [0, 0.1) is 0 Å². The predicted octanol–water partition coefficient (Wildman–Crippen LogP) is 5.59. The number of rotatable bonds is 23. The maximum atomic E-state index is 13.6. The number of azide groups is 1. The highest BCUT2D eigenvalue weighted by molar-refractivity contribution is 5.91. The zero-order valence-electron chi connectivity index (χ0n) is 29.8. The Morgan fingerprint density at radius 3 is 1.45 bits per heavy atom. The van der Waals surface area contributed by atoms with Gasteiger partial charge in [-0.15, -0.1) is 0 Å². The summed E-state index contributed by atoms with van der Waals surface area (Å²) >= 11 is 0. The Labute approximate surface area is 317 Å². The van der Waals surface area contributed by atoms with Crippen molar-refractivity contribution in [3.63, 3.8) is 0 Å². The molecule has 55 heavy (non-hydrogen) atoms. The second kappa shape index (κ2) is 23.5. The topological polar surface area (TPSA) is 202 Å². The molecule has 288 valence electrons. The van der Waals surface area contributed by atoms with Crippen molar-refractivity contribution < 1.29 is 57.4 Å². The van der Waals surface area contributed by atoms with Crippen LogP contribution in [0.3, 0.4) is 0 Å². The molecule has 1 unspecified atom stereocenters. The summed E-state index contributed by atoms with van der Waals surface area (Å²) in [4.78, 5) is 56.2. The lowest BCUT2D eigenvalue weighted by molar-refractivity contribution is -0.208. The van der Waals surface area contributed by atoms with Crippen LogP contribution in [0.25, 0.3) is 10.4 Å². The summed E-state index contributed by atoms with van der Waals surface area (Å²) in [6.07, 6.45) is -7.23. The first-order valence-corrected chi connectivity index (χ1v) is 17.3. The highest BCUT2D eigenvalue weighted by Gasteiger charge is 2.43. The molecule has 0 radical (unpaired) electrons. The van der Waals surface area contributed by atoms with Gasteiger partial charge in [-0.05, 0) is 54.1 Å². The Morgan fingerprint density at radius 2 is 0.964 bits per heavy atom. The first-order valence-electron chi connectivity index (χ1n) is 17.3. The number of hydrogen-bond donors (Lipinski definition) is 1. The molecule has 0 aliphatic carbocycles. The molecule has 0 saturated carbocycles. The molecular weight excluding hydrogens is 714 g/mol. The molecule has 0 fully saturated rings. The van der Waals surface area contributed by atoms with E-state index in [-0.39, 0.29) is 74.9 Å². The van der Waals surface area contributed by atoms with Crippen molar-refractivity contribution in [3.05, 3.63) is 154 Å². The summed E-state index contributed by atoms with van der Waals surface area (Å²) in [5.41, 5.74) is 8.98. The SMILES string of the molecule is [N-]=[N+]=NCCOCCOCCO[C@@H](O)[C@H](OC(=O)c1ccccc1)C(OC(=O)c1ccccc1)[C@@H](CCOC(=O)c1ccccc1)OC(=O)c1ccccc1. The number of ether oxygens (including phenoxy) is 7. The molecule has 0 aliphatic heterocycles. The molecule has 1 N–H and O–H groups in total. The summed E-state index contributed by atoms with van der Waals surface area (Å²) in [6, 6.07) is 31.9. The maximum Gasteiger partial charge on any atom is 0.338 e. The Morgan fingerprint density at radius 1 is 0.545 bits per heavy atom. The average Bonchev–Trinajstić information content (AvgIpc) is 3.23. The van der Waals surface area contributed by atoms with Crippen molar-refractivity contribution in [3.8, 4) is 0 Å². The van der Waals surface area contributed by atoms with Crippen molar-refractivity contribution in [1.29, 1.82) is 0 Å². The number of hydrogen-bond acceptors (Lipinski definition) is 13. The zero-order chi connectivity index (χ0) is 39.1. The first-order chi connectivity index (χ1) is 26.9. The first kappa shape index (κ1) is 41.7. The van der Waals surface area contributed by atoms with Crippen molar-refractivity contribution >= 4 is 23.9 Å². The molecule has 4 rings (SSSR count). The number of nitrogens with zero attached hydrogens (tertiary/aromatic N) is 3. The molecular formula is C40H41N3O12. The molecule has 0 amide bonds. The minimum absolute atomic E-state index is 0.0353. The second-order valence-corrected chi connectivity index (χ2v) is 11.5. The molecule has 0 saturated heterocycles. The fourth-order valence-corrected chi connectivity index (χ4v) is 4.96. The molecule has 0 spiro atoms. The van der Waals surface area contributed by atoms with E-state index in [1.54, 1.807) is 84.9 Å². The third-order valence-corrected chi connectivity index (χ3v) is 7.68. The Bertz CT molecular complexity index is 1810. The van der Waals surface area contributed by atoms with Gasteiger partial charge in [-0.1, -0.05) is 77.9 Å². The Kier molecular flexibility index (Phi) is 17.8. The molecule has 0 aromatic heterocycles. The zero-order valence-corrected chi connectivity index (χ0v) is 29.8. The van der Waals surface area contributed by atoms with Gasteiger partial charge >= 0.3 is 23.9 Å². The van der Waals surface area contributed by atoms with Gasteiger partial charge in [0.2, 0.25) is 0 Å². The number of benzene rings is 4. The van der Waals surface area contributed by atoms with Gasteiger partial charge in [0, 0.05) is 17.9 Å². The maximum absolute atomic E-state index is 13.6. The summed E-state index contributed by atoms with van der Waals surface area (Å²) < 4.78 is 39.6. The van der Waals surface area contributed by atoms with E-state index < -0.39 is 48.5 Å². The van der Waals surface area contributed by atoms with Crippen LogP contribution >= 0.6 is 0 Å². The van der Waals surface area contributed by atoms with Gasteiger partial charge in [-0.25, -0.2) is 19.2 Å². The van der Waals surface area contributed by atoms with E-state index in [4.69, 9.17) is 38.7 Å². The Hall–Kier alpha value is -6.09. The van der Waals surface area contributed by atoms with Crippen LogP contribution in [0.15, 0.2) is 126 Å². The lowest BCUT2D eigenvalue weighted by Gasteiger charge is -2.34. The molecule has 15 heteroatoms. The Balaban J connectivity index is 1.62. The number of carbonyl (C=O) groups is 4. The van der Waals surface area contributed by atoms with Crippen molar-refractivity contribution in [2.75, 3.05) is 46.2 Å². The van der Waals surface area contributed by atoms with E-state index in [9.17, 15) is 24.3 Å². The number of aliphatic hydroxyl groups excluding tert-OH is 1. The minimum Gasteiger partial charge on any atom is -0.462 e. The van der Waals surface area contributed by atoms with Gasteiger partial charge in [0.25, 0.3) is 0 Å². The molecule has 15 nitrogen and oxygen atoms in total. The summed E-state index contributed by atoms with van der Waals surface area (Å²) in [5.74, 6) is -3.31. The minimum atomic E-state index is -1.96. The monoisotopic (exact) mass is 755 g/mol. The van der Waals surface area contributed by atoms with Gasteiger partial charge in [-0.3, -0.25) is 0 Å². The van der Waals surface area contributed by atoms with Crippen LogP contribution < -0.4 is 0 Å². The summed E-state index contributed by atoms with van der Waals surface area (Å²) in [7, 11) is 0. The fourth-order valence-electron chi connectivity index (χ4n) is 4.96. The standard InChI is InChI=1S/C40H41N3O12/c41-43-42-22-24-49-25-26-50-27-28-52-40(48)35(55-39(47)32-19-11-4-12-20-32)34(54-38(46)31-17-9-3-10-18-31)33(53-37(45)30-15-7-2-8-16-30)21-23-51-36(44)29-13-5-1-6-14-29/h1-20,33-35,40,48H,21-28H2/t33-,34?,35-,40-/m1/s1. The van der Waals surface area contributed by atoms with Gasteiger partial charge in [0.05, 0.1) is 61.9 Å². The number of esters is 4. The molecule has 0 heterocycles. The van der Waals surface area contributed by atoms with Crippen LogP contribution in [-0.2, 0) is 33.2 Å². The van der Waals surface area contributed by atoms with Crippen molar-refractivity contribution in [2.45, 2.75) is 31.0 Å². The highest BCUT2D eigenvalue weighted by Crippen LogP contribution is 2.24. The smallest absolute Gasteiger partial charge is 0.338 e. The number of aliphatic hydroxyl groups is 1. The van der Waals surface area contributed by atoms with E-state index in [2.05, 4.69) is 10.0 Å². The molecule has 4 aromatic carbocycles. The lowest BCUT2D eigenvalue weighted by atomic mass is 10.0. The van der Waals surface area contributed by atoms with Gasteiger partial charge in [0.1, 0.15) is 6.10 Å². The molecule has 0 bridgehead atoms. The van der Waals surface area contributed by atoms with E-state index in [1.165, 1.54) is 36.4 Å². The normalized spacial score (nSPS) is 12.9. The molecule has 0 aliphatic rings. The van der Waals surface area contributed by atoms with E-state index in [0.717, 1.165) is 0 Å². The second-order valence-electron chi connectivity index (χ2n) is 11.5. The predicted molar refractivity (Wildman–Crippen MR) is 196 cm³/mol. The van der Waals surface area contributed by atoms with Crippen LogP contribution in [0.5, 0.6) is 0 Å². The summed E-state index contributed by atoms with van der Waals surface area (Å²) in [5, 5.41) is 14.9. The van der Waals surface area contributed by atoms with Crippen molar-refractivity contribution in [2.24, 2.45) is 5.11 Å². The largest absolute Gasteiger partial charge is 0.462 e. The average molecular weight is 756 g/mol.